The van der Waals surface area contributed by atoms with Crippen LogP contribution in [0.1, 0.15) is 18.1 Å². The van der Waals surface area contributed by atoms with Crippen molar-refractivity contribution in [3.8, 4) is 0 Å². The van der Waals surface area contributed by atoms with Gasteiger partial charge in [-0.1, -0.05) is 24.3 Å². The molecule has 0 aromatic heterocycles. The van der Waals surface area contributed by atoms with Crippen LogP contribution >= 0.6 is 0 Å². The molecule has 5 nitrogen and oxygen atoms in total. The second kappa shape index (κ2) is 6.52. The highest BCUT2D eigenvalue weighted by Gasteiger charge is 1.99. The first kappa shape index (κ1) is 13.0. The van der Waals surface area contributed by atoms with Gasteiger partial charge >= 0.3 is 12.1 Å². The molecule has 0 heterocycles. The monoisotopic (exact) mass is 236 g/mol. The van der Waals surface area contributed by atoms with Crippen molar-refractivity contribution in [2.45, 2.75) is 19.9 Å². The highest BCUT2D eigenvalue weighted by Crippen LogP contribution is 2.05. The van der Waals surface area contributed by atoms with Crippen LogP contribution in [-0.4, -0.2) is 18.7 Å². The third-order valence-electron chi connectivity index (χ3n) is 2.16. The average Bonchev–Trinajstić information content (AvgIpc) is 2.27. The first-order valence-electron chi connectivity index (χ1n) is 5.24. The van der Waals surface area contributed by atoms with Gasteiger partial charge in [-0.2, -0.15) is 0 Å². The van der Waals surface area contributed by atoms with Crippen LogP contribution in [0.4, 0.5) is 4.79 Å². The molecule has 0 aliphatic heterocycles. The number of nitrogens with one attached hydrogen (secondary N) is 1. The molecule has 17 heavy (non-hydrogen) atoms. The normalized spacial score (nSPS) is 9.71. The second-order valence-corrected chi connectivity index (χ2v) is 3.55. The Balaban J connectivity index is 2.39. The molecule has 1 aromatic carbocycles. The highest BCUT2D eigenvalue weighted by molar-refractivity contribution is 5.65. The zero-order chi connectivity index (χ0) is 12.7. The predicted octanol–water partition coefficient (Wildman–Crippen LogP) is 1.43. The van der Waals surface area contributed by atoms with Crippen molar-refractivity contribution in [1.82, 2.24) is 5.32 Å². The molecule has 1 amide bonds. The van der Waals surface area contributed by atoms with E-state index in [1.54, 1.807) is 0 Å². The largest absolute Gasteiger partial charge is 0.466 e. The quantitative estimate of drug-likeness (QED) is 0.786. The number of benzene rings is 1. The summed E-state index contributed by atoms with van der Waals surface area (Å²) in [5, 5.41) is 12.3. The summed E-state index contributed by atoms with van der Waals surface area (Å²) in [5.74, 6) is -0.292. The van der Waals surface area contributed by atoms with Gasteiger partial charge in [0.1, 0.15) is 0 Å². The Bertz CT molecular complexity index is 386. The molecule has 1 rings (SSSR count). The minimum atomic E-state index is -1.29. The lowest BCUT2D eigenvalue weighted by molar-refractivity contribution is -0.140. The smallest absolute Gasteiger partial charge is 0.450 e. The van der Waals surface area contributed by atoms with Crippen molar-refractivity contribution in [3.05, 3.63) is 35.4 Å². The molecule has 1 radical (unpaired) electrons. The van der Waals surface area contributed by atoms with Gasteiger partial charge in [-0.25, -0.2) is 9.90 Å². The van der Waals surface area contributed by atoms with E-state index in [-0.39, 0.29) is 12.5 Å². The molecule has 91 valence electrons. The van der Waals surface area contributed by atoms with Crippen molar-refractivity contribution in [2.75, 3.05) is 6.61 Å². The van der Waals surface area contributed by atoms with E-state index in [9.17, 15) is 14.7 Å². The molecule has 0 atom stereocenters. The van der Waals surface area contributed by atoms with Gasteiger partial charge in [0.05, 0.1) is 6.61 Å². The van der Waals surface area contributed by atoms with Crippen LogP contribution in [0, 0.1) is 0 Å². The number of hydrogen-bond acceptors (Lipinski definition) is 3. The van der Waals surface area contributed by atoms with Crippen LogP contribution < -0.4 is 5.32 Å². The van der Waals surface area contributed by atoms with Crippen LogP contribution in [0.3, 0.4) is 0 Å². The Kier molecular flexibility index (Phi) is 5.00. The van der Waals surface area contributed by atoms with E-state index >= 15 is 0 Å². The molecule has 1 aromatic rings. The maximum atomic E-state index is 10.5. The van der Waals surface area contributed by atoms with E-state index in [4.69, 9.17) is 4.74 Å². The molecular weight excluding hydrogens is 222 g/mol. The number of amides is 1. The molecule has 0 fully saturated rings. The van der Waals surface area contributed by atoms with Crippen LogP contribution in [0.15, 0.2) is 24.3 Å². The summed E-state index contributed by atoms with van der Waals surface area (Å²) in [5.41, 5.74) is 1.88. The first-order valence-corrected chi connectivity index (χ1v) is 5.24. The van der Waals surface area contributed by atoms with Gasteiger partial charge in [-0.15, -0.1) is 0 Å². The van der Waals surface area contributed by atoms with Crippen LogP contribution in [-0.2, 0) is 27.6 Å². The lowest BCUT2D eigenvalue weighted by Gasteiger charge is -2.04. The van der Waals surface area contributed by atoms with Crippen LogP contribution in [0.25, 0.3) is 0 Å². The summed E-state index contributed by atoms with van der Waals surface area (Å²) in [6.07, 6.45) is -0.641. The summed E-state index contributed by atoms with van der Waals surface area (Å²) in [6, 6.07) is 7.38. The van der Waals surface area contributed by atoms with Gasteiger partial charge in [-0.05, 0) is 11.1 Å². The van der Waals surface area contributed by atoms with Gasteiger partial charge in [0.25, 0.3) is 0 Å². The van der Waals surface area contributed by atoms with Gasteiger partial charge in [0, 0.05) is 19.9 Å². The predicted molar refractivity (Wildman–Crippen MR) is 59.7 cm³/mol. The zero-order valence-corrected chi connectivity index (χ0v) is 9.56. The lowest BCUT2D eigenvalue weighted by atomic mass is 10.1. The average molecular weight is 236 g/mol. The minimum absolute atomic E-state index is 0.229. The Morgan fingerprint density at radius 3 is 2.29 bits per heavy atom. The summed E-state index contributed by atoms with van der Waals surface area (Å²) in [7, 11) is 0. The van der Waals surface area contributed by atoms with Crippen molar-refractivity contribution in [1.29, 1.82) is 0 Å². The Morgan fingerprint density at radius 1 is 1.18 bits per heavy atom. The fourth-order valence-electron chi connectivity index (χ4n) is 1.31. The van der Waals surface area contributed by atoms with E-state index < -0.39 is 6.09 Å². The Labute approximate surface area is 99.4 Å². The molecule has 0 spiro atoms. The molecule has 5 heteroatoms. The van der Waals surface area contributed by atoms with Crippen molar-refractivity contribution in [3.63, 3.8) is 0 Å². The SMILES string of the molecule is CC(=O)OCCc1ccc(CNC([O])=O)cc1. The maximum absolute atomic E-state index is 10.5. The Morgan fingerprint density at radius 2 is 1.76 bits per heavy atom. The lowest BCUT2D eigenvalue weighted by Crippen LogP contribution is -2.18. The van der Waals surface area contributed by atoms with E-state index in [0.29, 0.717) is 13.0 Å². The fourth-order valence-corrected chi connectivity index (χ4v) is 1.31. The third kappa shape index (κ3) is 5.55. The van der Waals surface area contributed by atoms with Crippen LogP contribution in [0.2, 0.25) is 0 Å². The van der Waals surface area contributed by atoms with E-state index in [1.165, 1.54) is 6.92 Å². The summed E-state index contributed by atoms with van der Waals surface area (Å²) in [6.45, 7) is 1.95. The summed E-state index contributed by atoms with van der Waals surface area (Å²) < 4.78 is 4.82. The van der Waals surface area contributed by atoms with E-state index in [2.05, 4.69) is 5.32 Å². The number of carbonyl (C=O) groups is 2. The number of rotatable bonds is 5. The molecule has 0 aliphatic rings. The number of esters is 1. The third-order valence-corrected chi connectivity index (χ3v) is 2.16. The zero-order valence-electron chi connectivity index (χ0n) is 9.56. The molecule has 0 unspecified atom stereocenters. The van der Waals surface area contributed by atoms with E-state index in [0.717, 1.165) is 11.1 Å². The summed E-state index contributed by atoms with van der Waals surface area (Å²) >= 11 is 0. The highest BCUT2D eigenvalue weighted by atomic mass is 16.5. The first-order chi connectivity index (χ1) is 8.08. The summed E-state index contributed by atoms with van der Waals surface area (Å²) in [4.78, 5) is 20.7. The van der Waals surface area contributed by atoms with Gasteiger partial charge in [0.15, 0.2) is 0 Å². The van der Waals surface area contributed by atoms with Crippen LogP contribution in [0.5, 0.6) is 0 Å². The number of hydrogen-bond donors (Lipinski definition) is 1. The molecule has 0 aliphatic carbocycles. The molecule has 1 N–H and O–H groups in total. The number of carbonyl (C=O) groups excluding carboxylic acids is 2. The Hall–Kier alpha value is -2.04. The van der Waals surface area contributed by atoms with E-state index in [1.807, 2.05) is 24.3 Å². The molecule has 0 bridgehead atoms. The van der Waals surface area contributed by atoms with Crippen molar-refractivity contribution < 1.29 is 19.4 Å². The van der Waals surface area contributed by atoms with Crippen molar-refractivity contribution in [2.24, 2.45) is 0 Å². The molecule has 0 saturated carbocycles. The number of ether oxygens (including phenoxy) is 1. The van der Waals surface area contributed by atoms with Gasteiger partial charge in [-0.3, -0.25) is 4.79 Å². The van der Waals surface area contributed by atoms with Gasteiger partial charge in [0.2, 0.25) is 0 Å². The van der Waals surface area contributed by atoms with Crippen molar-refractivity contribution >= 4 is 12.1 Å². The standard InChI is InChI=1S/C12H14NO4/c1-9(14)17-7-6-10-2-4-11(5-3-10)8-13-12(15)16/h2-5,13H,6-8H2,1H3. The molecular formula is C12H14NO4. The second-order valence-electron chi connectivity index (χ2n) is 3.55. The maximum Gasteiger partial charge on any atom is 0.450 e. The topological polar surface area (TPSA) is 75.3 Å². The molecule has 0 saturated heterocycles. The minimum Gasteiger partial charge on any atom is -0.466 e. The van der Waals surface area contributed by atoms with Gasteiger partial charge < -0.3 is 10.1 Å². The fraction of sp³-hybridized carbons (Fsp3) is 0.333.